The summed E-state index contributed by atoms with van der Waals surface area (Å²) in [7, 11) is 0.319. The van der Waals surface area contributed by atoms with Crippen LogP contribution in [0.3, 0.4) is 0 Å². The minimum absolute atomic E-state index is 0.345. The van der Waals surface area contributed by atoms with E-state index >= 15 is 0 Å². The maximum atomic E-state index is 14.0. The third-order valence-electron chi connectivity index (χ3n) is 6.56. The maximum Gasteiger partial charge on any atom is 0.189 e. The summed E-state index contributed by atoms with van der Waals surface area (Å²) < 4.78 is 28.0. The summed E-state index contributed by atoms with van der Waals surface area (Å²) in [4.78, 5) is 4.81. The Morgan fingerprint density at radius 1 is 0.771 bits per heavy atom. The lowest BCUT2D eigenvalue weighted by Gasteiger charge is -2.27. The summed E-state index contributed by atoms with van der Waals surface area (Å²) in [6.45, 7) is 8.51. The molecule has 4 nitrogen and oxygen atoms in total. The van der Waals surface area contributed by atoms with E-state index < -0.39 is 15.1 Å². The number of anilines is 2. The van der Waals surface area contributed by atoms with Gasteiger partial charge >= 0.3 is 0 Å². The lowest BCUT2D eigenvalue weighted by atomic mass is 9.98. The van der Waals surface area contributed by atoms with Crippen molar-refractivity contribution in [2.45, 2.75) is 56.6 Å². The van der Waals surface area contributed by atoms with Gasteiger partial charge < -0.3 is 9.80 Å². The normalized spacial score (nSPS) is 12.4. The first-order chi connectivity index (χ1) is 16.8. The van der Waals surface area contributed by atoms with Crippen LogP contribution < -0.4 is 9.80 Å². The zero-order valence-electron chi connectivity index (χ0n) is 21.9. The Morgan fingerprint density at radius 3 is 1.86 bits per heavy atom. The predicted molar refractivity (Wildman–Crippen MR) is 149 cm³/mol. The molecule has 35 heavy (non-hydrogen) atoms. The predicted octanol–water partition coefficient (Wildman–Crippen LogP) is 7.03. The SMILES string of the molecule is CCCCN(CCCC)c1ccc(C(c2ccc(N(C)C)cc2)S(=O)(=O)c2ccccc2)c(C)c1. The van der Waals surface area contributed by atoms with Crippen LogP contribution in [0.5, 0.6) is 0 Å². The third kappa shape index (κ3) is 6.46. The lowest BCUT2D eigenvalue weighted by molar-refractivity contribution is 0.589. The molecule has 0 radical (unpaired) electrons. The minimum Gasteiger partial charge on any atom is -0.378 e. The summed E-state index contributed by atoms with van der Waals surface area (Å²) in [6, 6.07) is 23.0. The van der Waals surface area contributed by atoms with E-state index in [2.05, 4.69) is 30.9 Å². The van der Waals surface area contributed by atoms with Gasteiger partial charge in [-0.2, -0.15) is 0 Å². The second kappa shape index (κ2) is 12.3. The molecule has 0 saturated carbocycles. The Bertz CT molecular complexity index is 1160. The van der Waals surface area contributed by atoms with Crippen molar-refractivity contribution in [1.82, 2.24) is 0 Å². The number of hydrogen-bond donors (Lipinski definition) is 0. The first-order valence-electron chi connectivity index (χ1n) is 12.7. The standard InChI is InChI=1S/C30H40N2O2S/c1-6-8-21-32(22-9-7-2)27-19-20-29(24(3)23-27)30(25-15-17-26(18-16-25)31(4)5)35(33,34)28-13-11-10-12-14-28/h10-20,23,30H,6-9,21-22H2,1-5H3. The van der Waals surface area contributed by atoms with Crippen molar-refractivity contribution in [2.24, 2.45) is 0 Å². The van der Waals surface area contributed by atoms with Crippen LogP contribution in [0, 0.1) is 6.92 Å². The van der Waals surface area contributed by atoms with Crippen molar-refractivity contribution in [3.8, 4) is 0 Å². The van der Waals surface area contributed by atoms with Crippen LogP contribution in [0.25, 0.3) is 0 Å². The second-order valence-electron chi connectivity index (χ2n) is 9.46. The fourth-order valence-corrected chi connectivity index (χ4v) is 6.36. The van der Waals surface area contributed by atoms with Crippen molar-refractivity contribution in [3.05, 3.63) is 89.5 Å². The van der Waals surface area contributed by atoms with Crippen LogP contribution in [0.4, 0.5) is 11.4 Å². The number of nitrogens with zero attached hydrogens (tertiary/aromatic N) is 2. The van der Waals surface area contributed by atoms with Crippen molar-refractivity contribution in [2.75, 3.05) is 37.0 Å². The van der Waals surface area contributed by atoms with Crippen LogP contribution in [0.1, 0.15) is 61.5 Å². The first kappa shape index (κ1) is 26.8. The second-order valence-corrected chi connectivity index (χ2v) is 11.5. The third-order valence-corrected chi connectivity index (χ3v) is 8.63. The molecule has 0 N–H and O–H groups in total. The monoisotopic (exact) mass is 492 g/mol. The van der Waals surface area contributed by atoms with Crippen molar-refractivity contribution in [3.63, 3.8) is 0 Å². The van der Waals surface area contributed by atoms with Gasteiger partial charge in [0.25, 0.3) is 0 Å². The smallest absolute Gasteiger partial charge is 0.189 e. The van der Waals surface area contributed by atoms with Gasteiger partial charge in [-0.25, -0.2) is 8.42 Å². The Balaban J connectivity index is 2.09. The van der Waals surface area contributed by atoms with E-state index in [9.17, 15) is 8.42 Å². The van der Waals surface area contributed by atoms with Crippen LogP contribution >= 0.6 is 0 Å². The highest BCUT2D eigenvalue weighted by Crippen LogP contribution is 2.38. The van der Waals surface area contributed by atoms with Gasteiger partial charge in [0.2, 0.25) is 0 Å². The zero-order chi connectivity index (χ0) is 25.4. The van der Waals surface area contributed by atoms with Crippen molar-refractivity contribution in [1.29, 1.82) is 0 Å². The quantitative estimate of drug-likeness (QED) is 0.272. The molecule has 1 atom stereocenters. The van der Waals surface area contributed by atoms with E-state index in [-0.39, 0.29) is 0 Å². The Kier molecular flexibility index (Phi) is 9.39. The fraction of sp³-hybridized carbons (Fsp3) is 0.400. The highest BCUT2D eigenvalue weighted by Gasteiger charge is 2.32. The maximum absolute atomic E-state index is 14.0. The topological polar surface area (TPSA) is 40.6 Å². The Morgan fingerprint density at radius 2 is 1.34 bits per heavy atom. The van der Waals surface area contributed by atoms with Crippen LogP contribution in [-0.2, 0) is 9.84 Å². The molecule has 0 saturated heterocycles. The van der Waals surface area contributed by atoms with E-state index in [1.54, 1.807) is 24.3 Å². The fourth-order valence-electron chi connectivity index (χ4n) is 4.44. The van der Waals surface area contributed by atoms with Crippen LogP contribution in [-0.4, -0.2) is 35.6 Å². The van der Waals surface area contributed by atoms with Gasteiger partial charge in [0, 0.05) is 38.6 Å². The van der Waals surface area contributed by atoms with E-state index in [1.165, 1.54) is 5.69 Å². The molecule has 1 unspecified atom stereocenters. The highest BCUT2D eigenvalue weighted by atomic mass is 32.2. The first-order valence-corrected chi connectivity index (χ1v) is 14.3. The molecule has 0 spiro atoms. The van der Waals surface area contributed by atoms with Gasteiger partial charge in [-0.3, -0.25) is 0 Å². The minimum atomic E-state index is -3.65. The van der Waals surface area contributed by atoms with E-state index in [0.717, 1.165) is 61.2 Å². The summed E-state index contributed by atoms with van der Waals surface area (Å²) in [5.74, 6) is 0. The van der Waals surface area contributed by atoms with Gasteiger partial charge in [0.15, 0.2) is 9.84 Å². The van der Waals surface area contributed by atoms with Gasteiger partial charge in [0.05, 0.1) is 4.90 Å². The average Bonchev–Trinajstić information content (AvgIpc) is 2.86. The molecule has 0 aliphatic carbocycles. The zero-order valence-corrected chi connectivity index (χ0v) is 22.7. The summed E-state index contributed by atoms with van der Waals surface area (Å²) in [5.41, 5.74) is 4.83. The van der Waals surface area contributed by atoms with Gasteiger partial charge in [-0.1, -0.05) is 63.1 Å². The average molecular weight is 493 g/mol. The molecular formula is C30H40N2O2S. The number of sulfone groups is 1. The number of benzene rings is 3. The largest absolute Gasteiger partial charge is 0.378 e. The molecule has 0 aliphatic heterocycles. The van der Waals surface area contributed by atoms with E-state index in [1.807, 2.05) is 62.3 Å². The lowest BCUT2D eigenvalue weighted by Crippen LogP contribution is -2.26. The molecule has 0 aromatic heterocycles. The molecule has 0 amide bonds. The summed E-state index contributed by atoms with van der Waals surface area (Å²) >= 11 is 0. The number of unbranched alkanes of at least 4 members (excludes halogenated alkanes) is 2. The molecule has 0 aliphatic rings. The van der Waals surface area contributed by atoms with Crippen molar-refractivity contribution < 1.29 is 8.42 Å². The van der Waals surface area contributed by atoms with E-state index in [0.29, 0.717) is 4.90 Å². The van der Waals surface area contributed by atoms with Gasteiger partial charge in [0.1, 0.15) is 5.25 Å². The summed E-state index contributed by atoms with van der Waals surface area (Å²) in [6.07, 6.45) is 4.60. The number of aryl methyl sites for hydroxylation is 1. The molecular weight excluding hydrogens is 452 g/mol. The van der Waals surface area contributed by atoms with E-state index in [4.69, 9.17) is 0 Å². The van der Waals surface area contributed by atoms with Gasteiger partial charge in [-0.05, 0) is 72.9 Å². The molecule has 0 bridgehead atoms. The van der Waals surface area contributed by atoms with Crippen LogP contribution in [0.15, 0.2) is 77.7 Å². The van der Waals surface area contributed by atoms with Crippen LogP contribution in [0.2, 0.25) is 0 Å². The molecule has 3 aromatic rings. The summed E-state index contributed by atoms with van der Waals surface area (Å²) in [5, 5.41) is -0.769. The van der Waals surface area contributed by atoms with Gasteiger partial charge in [-0.15, -0.1) is 0 Å². The number of rotatable bonds is 12. The Labute approximate surface area is 212 Å². The Hall–Kier alpha value is -2.79. The number of hydrogen-bond acceptors (Lipinski definition) is 4. The molecule has 0 heterocycles. The molecule has 5 heteroatoms. The molecule has 188 valence electrons. The molecule has 3 rings (SSSR count). The molecule has 3 aromatic carbocycles. The molecule has 0 fully saturated rings. The highest BCUT2D eigenvalue weighted by molar-refractivity contribution is 7.92. The van der Waals surface area contributed by atoms with Crippen molar-refractivity contribution >= 4 is 21.2 Å².